The maximum absolute atomic E-state index is 12.1. The third kappa shape index (κ3) is 7.60. The van der Waals surface area contributed by atoms with Crippen molar-refractivity contribution in [1.29, 1.82) is 0 Å². The van der Waals surface area contributed by atoms with E-state index in [0.29, 0.717) is 12.8 Å². The van der Waals surface area contributed by atoms with Crippen molar-refractivity contribution in [2.45, 2.75) is 12.8 Å². The number of hydrogen-bond acceptors (Lipinski definition) is 6. The molecule has 6 heteroatoms. The van der Waals surface area contributed by atoms with E-state index in [2.05, 4.69) is 0 Å². The second-order valence-electron chi connectivity index (χ2n) is 6.03. The van der Waals surface area contributed by atoms with Gasteiger partial charge in [-0.1, -0.05) is 0 Å². The number of rotatable bonds is 13. The van der Waals surface area contributed by atoms with Crippen molar-refractivity contribution in [3.63, 3.8) is 0 Å². The number of methoxy groups -OCH3 is 2. The summed E-state index contributed by atoms with van der Waals surface area (Å²) < 4.78 is 10.2. The molecule has 150 valence electrons. The van der Waals surface area contributed by atoms with E-state index in [-0.39, 0.29) is 11.6 Å². The first-order valence-corrected chi connectivity index (χ1v) is 11.4. The van der Waals surface area contributed by atoms with Crippen molar-refractivity contribution >= 4 is 35.1 Å². The molecule has 2 rings (SSSR count). The lowest BCUT2D eigenvalue weighted by Crippen LogP contribution is -2.02. The van der Waals surface area contributed by atoms with Crippen LogP contribution in [0.15, 0.2) is 48.5 Å². The first-order chi connectivity index (χ1) is 13.6. The largest absolute Gasteiger partial charge is 0.497 e. The average molecular weight is 419 g/mol. The van der Waals surface area contributed by atoms with E-state index in [4.69, 9.17) is 9.47 Å². The lowest BCUT2D eigenvalue weighted by molar-refractivity contribution is 0.0981. The fourth-order valence-electron chi connectivity index (χ4n) is 2.49. The normalized spacial score (nSPS) is 10.5. The standard InChI is InChI=1S/C22H26O4S2/c1-25-19-7-3-17(4-8-19)21(23)11-13-27-15-16-28-14-12-22(24)18-5-9-20(26-2)10-6-18/h3-10H,11-16H2,1-2H3. The van der Waals surface area contributed by atoms with E-state index in [9.17, 15) is 9.59 Å². The highest BCUT2D eigenvalue weighted by atomic mass is 32.2. The Morgan fingerprint density at radius 3 is 1.32 bits per heavy atom. The lowest BCUT2D eigenvalue weighted by Gasteiger charge is -2.05. The number of Topliss-reactive ketones (excluding diaryl/α,β-unsaturated/α-hetero) is 2. The smallest absolute Gasteiger partial charge is 0.163 e. The van der Waals surface area contributed by atoms with Gasteiger partial charge in [0.2, 0.25) is 0 Å². The summed E-state index contributed by atoms with van der Waals surface area (Å²) in [6, 6.07) is 14.5. The van der Waals surface area contributed by atoms with Gasteiger partial charge in [0, 0.05) is 47.0 Å². The van der Waals surface area contributed by atoms with Crippen molar-refractivity contribution in [2.75, 3.05) is 37.2 Å². The maximum atomic E-state index is 12.1. The average Bonchev–Trinajstić information content (AvgIpc) is 2.75. The Balaban J connectivity index is 1.53. The molecule has 2 aromatic rings. The molecule has 0 spiro atoms. The molecule has 0 aromatic heterocycles. The molecule has 0 atom stereocenters. The van der Waals surface area contributed by atoms with E-state index < -0.39 is 0 Å². The molecule has 4 nitrogen and oxygen atoms in total. The summed E-state index contributed by atoms with van der Waals surface area (Å²) >= 11 is 3.56. The van der Waals surface area contributed by atoms with Crippen molar-refractivity contribution < 1.29 is 19.1 Å². The first-order valence-electron chi connectivity index (χ1n) is 9.14. The SMILES string of the molecule is COc1ccc(C(=O)CCSCCSCCC(=O)c2ccc(OC)cc2)cc1. The van der Waals surface area contributed by atoms with Crippen LogP contribution >= 0.6 is 23.5 Å². The van der Waals surface area contributed by atoms with Crippen molar-refractivity contribution in [3.8, 4) is 11.5 Å². The Labute approximate surface area is 175 Å². The van der Waals surface area contributed by atoms with Gasteiger partial charge in [0.05, 0.1) is 14.2 Å². The van der Waals surface area contributed by atoms with Gasteiger partial charge in [-0.25, -0.2) is 0 Å². The number of thioether (sulfide) groups is 2. The Morgan fingerprint density at radius 2 is 1.00 bits per heavy atom. The van der Waals surface area contributed by atoms with Crippen LogP contribution in [0.5, 0.6) is 11.5 Å². The molecule has 0 unspecified atom stereocenters. The van der Waals surface area contributed by atoms with Crippen LogP contribution in [0, 0.1) is 0 Å². The van der Waals surface area contributed by atoms with Crippen LogP contribution in [0.1, 0.15) is 33.6 Å². The summed E-state index contributed by atoms with van der Waals surface area (Å²) in [5, 5.41) is 0. The third-order valence-corrected chi connectivity index (χ3v) is 6.37. The maximum Gasteiger partial charge on any atom is 0.163 e. The molecule has 2 aromatic carbocycles. The van der Waals surface area contributed by atoms with Gasteiger partial charge in [-0.05, 0) is 48.5 Å². The molecule has 0 N–H and O–H groups in total. The van der Waals surface area contributed by atoms with Crippen molar-refractivity contribution in [2.24, 2.45) is 0 Å². The second kappa shape index (κ2) is 12.5. The van der Waals surface area contributed by atoms with Crippen LogP contribution in [0.25, 0.3) is 0 Å². The van der Waals surface area contributed by atoms with Crippen molar-refractivity contribution in [1.82, 2.24) is 0 Å². The molecule has 0 saturated carbocycles. The first kappa shape index (κ1) is 22.4. The van der Waals surface area contributed by atoms with E-state index >= 15 is 0 Å². The molecule has 0 radical (unpaired) electrons. The van der Waals surface area contributed by atoms with Crippen LogP contribution < -0.4 is 9.47 Å². The van der Waals surface area contributed by atoms with E-state index in [1.54, 1.807) is 37.7 Å². The summed E-state index contributed by atoms with van der Waals surface area (Å²) in [6.07, 6.45) is 1.08. The zero-order chi connectivity index (χ0) is 20.2. The minimum absolute atomic E-state index is 0.160. The Morgan fingerprint density at radius 1 is 0.643 bits per heavy atom. The van der Waals surface area contributed by atoms with Crippen molar-refractivity contribution in [3.05, 3.63) is 59.7 Å². The lowest BCUT2D eigenvalue weighted by atomic mass is 10.1. The van der Waals surface area contributed by atoms with Crippen LogP contribution in [-0.4, -0.2) is 48.8 Å². The van der Waals surface area contributed by atoms with E-state index in [0.717, 1.165) is 45.6 Å². The third-order valence-electron chi connectivity index (χ3n) is 4.14. The molecule has 0 saturated heterocycles. The summed E-state index contributed by atoms with van der Waals surface area (Å²) in [5.74, 6) is 5.43. The molecular weight excluding hydrogens is 392 g/mol. The van der Waals surface area contributed by atoms with Gasteiger partial charge in [0.25, 0.3) is 0 Å². The summed E-state index contributed by atoms with van der Waals surface area (Å²) in [7, 11) is 3.22. The Bertz CT molecular complexity index is 677. The quantitative estimate of drug-likeness (QED) is 0.336. The molecule has 0 aliphatic rings. The Kier molecular flexibility index (Phi) is 10.0. The Hall–Kier alpha value is -1.92. The van der Waals surface area contributed by atoms with Crippen LogP contribution in [0.2, 0.25) is 0 Å². The molecule has 0 amide bonds. The van der Waals surface area contributed by atoms with Gasteiger partial charge in [-0.3, -0.25) is 9.59 Å². The minimum Gasteiger partial charge on any atom is -0.497 e. The molecule has 0 bridgehead atoms. The van der Waals surface area contributed by atoms with Gasteiger partial charge in [0.1, 0.15) is 11.5 Å². The monoisotopic (exact) mass is 418 g/mol. The minimum atomic E-state index is 0.160. The molecule has 0 fully saturated rings. The molecule has 28 heavy (non-hydrogen) atoms. The second-order valence-corrected chi connectivity index (χ2v) is 8.48. The molecule has 0 heterocycles. The number of benzene rings is 2. The number of ether oxygens (including phenoxy) is 2. The van der Waals surface area contributed by atoms with Crippen LogP contribution in [0.3, 0.4) is 0 Å². The van der Waals surface area contributed by atoms with Gasteiger partial charge < -0.3 is 9.47 Å². The molecular formula is C22H26O4S2. The molecule has 0 aliphatic carbocycles. The topological polar surface area (TPSA) is 52.6 Å². The summed E-state index contributed by atoms with van der Waals surface area (Å²) in [4.78, 5) is 24.2. The van der Waals surface area contributed by atoms with E-state index in [1.165, 1.54) is 0 Å². The fraction of sp³-hybridized carbons (Fsp3) is 0.364. The highest BCUT2D eigenvalue weighted by molar-refractivity contribution is 8.02. The predicted molar refractivity (Wildman–Crippen MR) is 119 cm³/mol. The number of carbonyl (C=O) groups is 2. The highest BCUT2D eigenvalue weighted by Crippen LogP contribution is 2.16. The van der Waals surface area contributed by atoms with E-state index in [1.807, 2.05) is 48.5 Å². The van der Waals surface area contributed by atoms with Crippen LogP contribution in [-0.2, 0) is 0 Å². The fourth-order valence-corrected chi connectivity index (χ4v) is 4.50. The predicted octanol–water partition coefficient (Wildman–Crippen LogP) is 5.02. The number of hydrogen-bond donors (Lipinski definition) is 0. The number of ketones is 2. The van der Waals surface area contributed by atoms with Gasteiger partial charge in [-0.15, -0.1) is 0 Å². The van der Waals surface area contributed by atoms with Gasteiger partial charge in [0.15, 0.2) is 11.6 Å². The number of carbonyl (C=O) groups excluding carboxylic acids is 2. The highest BCUT2D eigenvalue weighted by Gasteiger charge is 2.07. The summed E-state index contributed by atoms with van der Waals surface area (Å²) in [6.45, 7) is 0. The van der Waals surface area contributed by atoms with Crippen LogP contribution in [0.4, 0.5) is 0 Å². The van der Waals surface area contributed by atoms with Gasteiger partial charge in [-0.2, -0.15) is 23.5 Å². The zero-order valence-electron chi connectivity index (χ0n) is 16.3. The molecule has 0 aliphatic heterocycles. The van der Waals surface area contributed by atoms with Gasteiger partial charge >= 0.3 is 0 Å². The summed E-state index contributed by atoms with van der Waals surface area (Å²) in [5.41, 5.74) is 1.46. The zero-order valence-corrected chi connectivity index (χ0v) is 17.9.